The number of hydrogen-bond donors (Lipinski definition) is 2. The number of rotatable bonds is 5. The molecule has 0 aliphatic carbocycles. The van der Waals surface area contributed by atoms with E-state index in [0.29, 0.717) is 19.0 Å². The Kier molecular flexibility index (Phi) is 5.62. The van der Waals surface area contributed by atoms with E-state index in [-0.39, 0.29) is 6.04 Å². The van der Waals surface area contributed by atoms with Gasteiger partial charge in [0, 0.05) is 19.1 Å². The smallest absolute Gasteiger partial charge is 0.279 e. The number of piperidine rings is 2. The van der Waals surface area contributed by atoms with Crippen LogP contribution in [0.3, 0.4) is 0 Å². The van der Waals surface area contributed by atoms with E-state index in [4.69, 9.17) is 0 Å². The second-order valence-corrected chi connectivity index (χ2v) is 7.56. The molecule has 0 aromatic carbocycles. The van der Waals surface area contributed by atoms with Crippen molar-refractivity contribution >= 4 is 10.2 Å². The van der Waals surface area contributed by atoms with Gasteiger partial charge in [0.2, 0.25) is 0 Å². The van der Waals surface area contributed by atoms with Crippen LogP contribution in [-0.4, -0.2) is 44.9 Å². The first-order valence-electron chi connectivity index (χ1n) is 7.57. The van der Waals surface area contributed by atoms with Crippen LogP contribution in [-0.2, 0) is 10.2 Å². The fourth-order valence-corrected chi connectivity index (χ4v) is 4.56. The van der Waals surface area contributed by atoms with E-state index in [1.165, 1.54) is 12.8 Å². The van der Waals surface area contributed by atoms with Crippen molar-refractivity contribution in [3.8, 4) is 0 Å². The van der Waals surface area contributed by atoms with Crippen molar-refractivity contribution in [2.75, 3.05) is 26.2 Å². The number of nitrogens with one attached hydrogen (secondary N) is 2. The highest BCUT2D eigenvalue weighted by molar-refractivity contribution is 7.87. The van der Waals surface area contributed by atoms with Crippen molar-refractivity contribution in [1.29, 1.82) is 0 Å². The summed E-state index contributed by atoms with van der Waals surface area (Å²) >= 11 is 0. The van der Waals surface area contributed by atoms with Crippen LogP contribution in [0.5, 0.6) is 0 Å². The summed E-state index contributed by atoms with van der Waals surface area (Å²) < 4.78 is 28.9. The van der Waals surface area contributed by atoms with Gasteiger partial charge in [-0.2, -0.15) is 12.7 Å². The molecule has 2 aliphatic heterocycles. The van der Waals surface area contributed by atoms with Gasteiger partial charge in [-0.1, -0.05) is 6.42 Å². The van der Waals surface area contributed by atoms with Crippen molar-refractivity contribution in [1.82, 2.24) is 14.3 Å². The first-order valence-corrected chi connectivity index (χ1v) is 9.01. The highest BCUT2D eigenvalue weighted by Gasteiger charge is 2.29. The van der Waals surface area contributed by atoms with Gasteiger partial charge < -0.3 is 5.32 Å². The van der Waals surface area contributed by atoms with Crippen LogP contribution in [0, 0.1) is 5.92 Å². The highest BCUT2D eigenvalue weighted by Crippen LogP contribution is 2.19. The topological polar surface area (TPSA) is 61.4 Å². The second-order valence-electron chi connectivity index (χ2n) is 5.86. The van der Waals surface area contributed by atoms with Crippen LogP contribution in [0.2, 0.25) is 0 Å². The molecule has 6 heteroatoms. The molecule has 19 heavy (non-hydrogen) atoms. The SMILES string of the molecule is CC1CCCCN1S(=O)(=O)NCCC1CCCNC1. The summed E-state index contributed by atoms with van der Waals surface area (Å²) in [6, 6.07) is 0.141. The molecular weight excluding hydrogens is 262 g/mol. The Morgan fingerprint density at radius 1 is 1.26 bits per heavy atom. The molecule has 2 saturated heterocycles. The van der Waals surface area contributed by atoms with Gasteiger partial charge in [-0.15, -0.1) is 0 Å². The molecule has 0 aromatic heterocycles. The molecule has 2 atom stereocenters. The van der Waals surface area contributed by atoms with E-state index in [2.05, 4.69) is 10.0 Å². The summed E-state index contributed by atoms with van der Waals surface area (Å²) in [5.74, 6) is 0.621. The maximum Gasteiger partial charge on any atom is 0.279 e. The Bertz CT molecular complexity index is 366. The first kappa shape index (κ1) is 15.2. The van der Waals surface area contributed by atoms with Crippen LogP contribution >= 0.6 is 0 Å². The number of hydrogen-bond acceptors (Lipinski definition) is 3. The molecule has 2 rings (SSSR count). The molecule has 0 radical (unpaired) electrons. The Labute approximate surface area is 117 Å². The van der Waals surface area contributed by atoms with Gasteiger partial charge >= 0.3 is 0 Å². The Morgan fingerprint density at radius 2 is 2.11 bits per heavy atom. The van der Waals surface area contributed by atoms with Gasteiger partial charge in [0.05, 0.1) is 0 Å². The van der Waals surface area contributed by atoms with E-state index < -0.39 is 10.2 Å². The van der Waals surface area contributed by atoms with Crippen molar-refractivity contribution in [2.45, 2.75) is 51.5 Å². The Balaban J connectivity index is 1.76. The van der Waals surface area contributed by atoms with E-state index >= 15 is 0 Å². The van der Waals surface area contributed by atoms with Crippen LogP contribution in [0.15, 0.2) is 0 Å². The predicted octanol–water partition coefficient (Wildman–Crippen LogP) is 1.08. The van der Waals surface area contributed by atoms with Gasteiger partial charge in [0.1, 0.15) is 0 Å². The van der Waals surface area contributed by atoms with Gasteiger partial charge in [-0.05, 0) is 58.0 Å². The zero-order valence-corrected chi connectivity index (χ0v) is 12.7. The lowest BCUT2D eigenvalue weighted by atomic mass is 9.96. The second kappa shape index (κ2) is 7.02. The molecule has 0 saturated carbocycles. The van der Waals surface area contributed by atoms with Crippen molar-refractivity contribution in [3.05, 3.63) is 0 Å². The molecule has 112 valence electrons. The zero-order valence-electron chi connectivity index (χ0n) is 11.9. The molecule has 0 amide bonds. The minimum Gasteiger partial charge on any atom is -0.316 e. The molecular formula is C13H27N3O2S. The van der Waals surface area contributed by atoms with E-state index in [0.717, 1.165) is 38.8 Å². The van der Waals surface area contributed by atoms with Crippen molar-refractivity contribution in [2.24, 2.45) is 5.92 Å². The Morgan fingerprint density at radius 3 is 2.79 bits per heavy atom. The molecule has 5 nitrogen and oxygen atoms in total. The van der Waals surface area contributed by atoms with E-state index in [9.17, 15) is 8.42 Å². The van der Waals surface area contributed by atoms with Crippen molar-refractivity contribution in [3.63, 3.8) is 0 Å². The predicted molar refractivity (Wildman–Crippen MR) is 77.2 cm³/mol. The van der Waals surface area contributed by atoms with Crippen LogP contribution in [0.1, 0.15) is 45.4 Å². The lowest BCUT2D eigenvalue weighted by molar-refractivity contribution is 0.264. The third kappa shape index (κ3) is 4.41. The third-order valence-corrected chi connectivity index (χ3v) is 6.02. The average Bonchev–Trinajstić information content (AvgIpc) is 2.40. The molecule has 0 bridgehead atoms. The molecule has 2 unspecified atom stereocenters. The summed E-state index contributed by atoms with van der Waals surface area (Å²) in [4.78, 5) is 0. The quantitative estimate of drug-likeness (QED) is 0.796. The van der Waals surface area contributed by atoms with E-state index in [1.54, 1.807) is 4.31 Å². The fraction of sp³-hybridized carbons (Fsp3) is 1.00. The lowest BCUT2D eigenvalue weighted by Crippen LogP contribution is -2.48. The van der Waals surface area contributed by atoms with Gasteiger partial charge in [-0.25, -0.2) is 4.72 Å². The van der Waals surface area contributed by atoms with Crippen LogP contribution in [0.4, 0.5) is 0 Å². The van der Waals surface area contributed by atoms with Crippen LogP contribution < -0.4 is 10.0 Å². The summed E-state index contributed by atoms with van der Waals surface area (Å²) in [6.07, 6.45) is 6.47. The summed E-state index contributed by atoms with van der Waals surface area (Å²) in [7, 11) is -3.27. The molecule has 2 N–H and O–H groups in total. The van der Waals surface area contributed by atoms with E-state index in [1.807, 2.05) is 6.92 Å². The third-order valence-electron chi connectivity index (χ3n) is 4.29. The standard InChI is InChI=1S/C13H27N3O2S/c1-12-5-2-3-10-16(12)19(17,18)15-9-7-13-6-4-8-14-11-13/h12-15H,2-11H2,1H3. The maximum absolute atomic E-state index is 12.2. The summed E-state index contributed by atoms with van der Waals surface area (Å²) in [6.45, 7) is 5.37. The van der Waals surface area contributed by atoms with Gasteiger partial charge in [0.25, 0.3) is 10.2 Å². The molecule has 0 aromatic rings. The summed E-state index contributed by atoms with van der Waals surface area (Å²) in [5.41, 5.74) is 0. The highest BCUT2D eigenvalue weighted by atomic mass is 32.2. The molecule has 2 heterocycles. The normalized spacial score (nSPS) is 30.4. The van der Waals surface area contributed by atoms with Gasteiger partial charge in [-0.3, -0.25) is 0 Å². The zero-order chi connectivity index (χ0) is 13.7. The monoisotopic (exact) mass is 289 g/mol. The minimum absolute atomic E-state index is 0.141. The minimum atomic E-state index is -3.27. The molecule has 2 aliphatic rings. The number of nitrogens with zero attached hydrogens (tertiary/aromatic N) is 1. The summed E-state index contributed by atoms with van der Waals surface area (Å²) in [5, 5.41) is 3.37. The van der Waals surface area contributed by atoms with Gasteiger partial charge in [0.15, 0.2) is 0 Å². The molecule has 2 fully saturated rings. The Hall–Kier alpha value is -0.170. The molecule has 0 spiro atoms. The largest absolute Gasteiger partial charge is 0.316 e. The van der Waals surface area contributed by atoms with Crippen molar-refractivity contribution < 1.29 is 8.42 Å². The first-order chi connectivity index (χ1) is 9.09. The van der Waals surface area contributed by atoms with Crippen LogP contribution in [0.25, 0.3) is 0 Å². The maximum atomic E-state index is 12.2. The fourth-order valence-electron chi connectivity index (χ4n) is 3.07. The average molecular weight is 289 g/mol. The lowest BCUT2D eigenvalue weighted by Gasteiger charge is -2.32.